The summed E-state index contributed by atoms with van der Waals surface area (Å²) in [5, 5.41) is 7.55. The van der Waals surface area contributed by atoms with Gasteiger partial charge in [-0.05, 0) is 32.1 Å². The molecule has 0 bridgehead atoms. The number of fused-ring (bicyclic) bond motifs is 1. The van der Waals surface area contributed by atoms with Crippen LogP contribution in [0.25, 0.3) is 0 Å². The van der Waals surface area contributed by atoms with E-state index in [4.69, 9.17) is 10.5 Å². The Morgan fingerprint density at radius 1 is 1.57 bits per heavy atom. The maximum Gasteiger partial charge on any atom is 0.228 e. The van der Waals surface area contributed by atoms with Crippen molar-refractivity contribution in [2.24, 2.45) is 18.2 Å². The van der Waals surface area contributed by atoms with Crippen LogP contribution in [-0.2, 0) is 23.0 Å². The summed E-state index contributed by atoms with van der Waals surface area (Å²) in [5.41, 5.74) is 7.85. The molecule has 1 amide bonds. The number of hydrogen-bond donors (Lipinski definition) is 2. The van der Waals surface area contributed by atoms with Gasteiger partial charge in [0, 0.05) is 38.1 Å². The molecule has 1 aromatic heterocycles. The monoisotopic (exact) mass is 292 g/mol. The molecule has 1 atom stereocenters. The summed E-state index contributed by atoms with van der Waals surface area (Å²) >= 11 is 0. The maximum atomic E-state index is 12.8. The molecule has 1 fully saturated rings. The van der Waals surface area contributed by atoms with Gasteiger partial charge in [0.25, 0.3) is 0 Å². The summed E-state index contributed by atoms with van der Waals surface area (Å²) in [7, 11) is 1.96. The molecular formula is C15H24N4O2. The highest BCUT2D eigenvalue weighted by molar-refractivity contribution is 5.83. The third-order valence-corrected chi connectivity index (χ3v) is 5.00. The highest BCUT2D eigenvalue weighted by Gasteiger charge is 2.40. The quantitative estimate of drug-likeness (QED) is 0.858. The Labute approximate surface area is 125 Å². The van der Waals surface area contributed by atoms with Crippen LogP contribution in [0.15, 0.2) is 6.20 Å². The van der Waals surface area contributed by atoms with Crippen LogP contribution >= 0.6 is 0 Å². The Morgan fingerprint density at radius 3 is 3.05 bits per heavy atom. The van der Waals surface area contributed by atoms with Crippen LogP contribution in [-0.4, -0.2) is 35.4 Å². The molecule has 0 aromatic carbocycles. The number of aryl methyl sites for hydroxylation is 1. The molecular weight excluding hydrogens is 268 g/mol. The fourth-order valence-corrected chi connectivity index (χ4v) is 3.45. The minimum Gasteiger partial charge on any atom is -0.381 e. The minimum absolute atomic E-state index is 0.0706. The zero-order chi connectivity index (χ0) is 14.9. The summed E-state index contributed by atoms with van der Waals surface area (Å²) in [4.78, 5) is 12.8. The second-order valence-corrected chi connectivity index (χ2v) is 6.19. The molecule has 6 heteroatoms. The molecule has 0 radical (unpaired) electrons. The number of carbonyl (C=O) groups excluding carboxylic acids is 1. The fourth-order valence-electron chi connectivity index (χ4n) is 3.45. The first kappa shape index (κ1) is 14.5. The summed E-state index contributed by atoms with van der Waals surface area (Å²) < 4.78 is 7.29. The SMILES string of the molecule is Cn1ncc2c1CCCC2NC(=O)C1(CN)CCOCC1. The highest BCUT2D eigenvalue weighted by Crippen LogP contribution is 2.33. The van der Waals surface area contributed by atoms with Gasteiger partial charge in [-0.2, -0.15) is 5.10 Å². The van der Waals surface area contributed by atoms with E-state index in [1.807, 2.05) is 17.9 Å². The molecule has 21 heavy (non-hydrogen) atoms. The standard InChI is InChI=1S/C15H24N4O2/c1-19-13-4-2-3-12(11(13)9-17-19)18-14(20)15(10-16)5-7-21-8-6-15/h9,12H,2-8,10,16H2,1H3,(H,18,20). The average Bonchev–Trinajstić information content (AvgIpc) is 2.90. The van der Waals surface area contributed by atoms with Crippen LogP contribution in [0.1, 0.15) is 43.0 Å². The first-order valence-corrected chi connectivity index (χ1v) is 7.76. The highest BCUT2D eigenvalue weighted by atomic mass is 16.5. The van der Waals surface area contributed by atoms with Crippen molar-refractivity contribution in [2.75, 3.05) is 19.8 Å². The Balaban J connectivity index is 1.76. The number of carbonyl (C=O) groups is 1. The van der Waals surface area contributed by atoms with E-state index in [0.717, 1.165) is 24.8 Å². The Morgan fingerprint density at radius 2 is 2.33 bits per heavy atom. The van der Waals surface area contributed by atoms with Gasteiger partial charge in [-0.15, -0.1) is 0 Å². The van der Waals surface area contributed by atoms with Crippen molar-refractivity contribution < 1.29 is 9.53 Å². The first-order valence-electron chi connectivity index (χ1n) is 7.76. The van der Waals surface area contributed by atoms with Gasteiger partial charge in [-0.3, -0.25) is 9.48 Å². The van der Waals surface area contributed by atoms with E-state index in [9.17, 15) is 4.79 Å². The molecule has 0 saturated carbocycles. The second kappa shape index (κ2) is 5.77. The number of hydrogen-bond acceptors (Lipinski definition) is 4. The lowest BCUT2D eigenvalue weighted by atomic mass is 9.78. The van der Waals surface area contributed by atoms with Gasteiger partial charge < -0.3 is 15.8 Å². The molecule has 1 aliphatic carbocycles. The van der Waals surface area contributed by atoms with Gasteiger partial charge in [-0.25, -0.2) is 0 Å². The summed E-state index contributed by atoms with van der Waals surface area (Å²) in [6, 6.07) is 0.0706. The molecule has 6 nitrogen and oxygen atoms in total. The van der Waals surface area contributed by atoms with Gasteiger partial charge in [0.1, 0.15) is 0 Å². The number of nitrogens with two attached hydrogens (primary N) is 1. The van der Waals surface area contributed by atoms with Gasteiger partial charge in [0.2, 0.25) is 5.91 Å². The van der Waals surface area contributed by atoms with E-state index < -0.39 is 5.41 Å². The Bertz CT molecular complexity index is 520. The van der Waals surface area contributed by atoms with E-state index in [1.54, 1.807) is 0 Å². The van der Waals surface area contributed by atoms with Crippen molar-refractivity contribution in [1.82, 2.24) is 15.1 Å². The fraction of sp³-hybridized carbons (Fsp3) is 0.733. The van der Waals surface area contributed by atoms with E-state index >= 15 is 0 Å². The summed E-state index contributed by atoms with van der Waals surface area (Å²) in [6.07, 6.45) is 6.40. The van der Waals surface area contributed by atoms with Crippen LogP contribution in [0.2, 0.25) is 0 Å². The largest absolute Gasteiger partial charge is 0.381 e. The summed E-state index contributed by atoms with van der Waals surface area (Å²) in [5.74, 6) is 0.0787. The molecule has 3 rings (SSSR count). The van der Waals surface area contributed by atoms with Crippen LogP contribution in [0.3, 0.4) is 0 Å². The number of amides is 1. The first-order chi connectivity index (χ1) is 10.2. The van der Waals surface area contributed by atoms with Crippen molar-refractivity contribution in [3.63, 3.8) is 0 Å². The number of nitrogens with one attached hydrogen (secondary N) is 1. The van der Waals surface area contributed by atoms with E-state index in [-0.39, 0.29) is 11.9 Å². The predicted octanol–water partition coefficient (Wildman–Crippen LogP) is 0.669. The normalized spacial score (nSPS) is 24.4. The van der Waals surface area contributed by atoms with Crippen molar-refractivity contribution in [1.29, 1.82) is 0 Å². The van der Waals surface area contributed by atoms with E-state index in [0.29, 0.717) is 32.6 Å². The molecule has 1 aliphatic heterocycles. The van der Waals surface area contributed by atoms with Gasteiger partial charge in [-0.1, -0.05) is 0 Å². The molecule has 1 aromatic rings. The number of ether oxygens (including phenoxy) is 1. The van der Waals surface area contributed by atoms with Crippen LogP contribution < -0.4 is 11.1 Å². The van der Waals surface area contributed by atoms with E-state index in [2.05, 4.69) is 10.4 Å². The molecule has 1 unspecified atom stereocenters. The topological polar surface area (TPSA) is 82.2 Å². The lowest BCUT2D eigenvalue weighted by Gasteiger charge is -2.36. The van der Waals surface area contributed by atoms with Gasteiger partial charge >= 0.3 is 0 Å². The summed E-state index contributed by atoms with van der Waals surface area (Å²) in [6.45, 7) is 1.62. The minimum atomic E-state index is -0.460. The van der Waals surface area contributed by atoms with Gasteiger partial charge in [0.15, 0.2) is 0 Å². The lowest BCUT2D eigenvalue weighted by Crippen LogP contribution is -2.50. The third kappa shape index (κ3) is 2.58. The Kier molecular flexibility index (Phi) is 3.99. The van der Waals surface area contributed by atoms with Crippen LogP contribution in [0, 0.1) is 5.41 Å². The average molecular weight is 292 g/mol. The lowest BCUT2D eigenvalue weighted by molar-refractivity contribution is -0.136. The Hall–Kier alpha value is -1.40. The number of aromatic nitrogens is 2. The molecule has 1 saturated heterocycles. The van der Waals surface area contributed by atoms with Crippen molar-refractivity contribution in [3.8, 4) is 0 Å². The van der Waals surface area contributed by atoms with Crippen LogP contribution in [0.4, 0.5) is 0 Å². The molecule has 0 spiro atoms. The smallest absolute Gasteiger partial charge is 0.228 e. The molecule has 2 aliphatic rings. The van der Waals surface area contributed by atoms with Crippen molar-refractivity contribution in [2.45, 2.75) is 38.1 Å². The van der Waals surface area contributed by atoms with E-state index in [1.165, 1.54) is 5.69 Å². The molecule has 3 N–H and O–H groups in total. The second-order valence-electron chi connectivity index (χ2n) is 6.19. The zero-order valence-corrected chi connectivity index (χ0v) is 12.6. The number of rotatable bonds is 3. The van der Waals surface area contributed by atoms with Crippen LogP contribution in [0.5, 0.6) is 0 Å². The van der Waals surface area contributed by atoms with Crippen molar-refractivity contribution in [3.05, 3.63) is 17.5 Å². The predicted molar refractivity (Wildman–Crippen MR) is 78.6 cm³/mol. The zero-order valence-electron chi connectivity index (χ0n) is 12.6. The maximum absolute atomic E-state index is 12.8. The molecule has 116 valence electrons. The van der Waals surface area contributed by atoms with Crippen molar-refractivity contribution >= 4 is 5.91 Å². The third-order valence-electron chi connectivity index (χ3n) is 5.00. The number of nitrogens with zero attached hydrogens (tertiary/aromatic N) is 2. The van der Waals surface area contributed by atoms with Gasteiger partial charge in [0.05, 0.1) is 17.7 Å². The molecule has 2 heterocycles.